The highest BCUT2D eigenvalue weighted by atomic mass is 35.5. The van der Waals surface area contributed by atoms with Crippen molar-refractivity contribution in [2.24, 2.45) is 0 Å². The number of nitrogens with one attached hydrogen (secondary N) is 1. The fourth-order valence-corrected chi connectivity index (χ4v) is 2.19. The molecule has 5 nitrogen and oxygen atoms in total. The molecule has 1 amide bonds. The zero-order valence-electron chi connectivity index (χ0n) is 13.6. The van der Waals surface area contributed by atoms with E-state index in [0.29, 0.717) is 16.5 Å². The Morgan fingerprint density at radius 3 is 2.54 bits per heavy atom. The first-order chi connectivity index (χ1) is 11.4. The maximum Gasteiger partial charge on any atom is 0.342 e. The Kier molecular flexibility index (Phi) is 5.82. The van der Waals surface area contributed by atoms with Crippen molar-refractivity contribution < 1.29 is 19.1 Å². The molecule has 0 aromatic heterocycles. The Hall–Kier alpha value is -2.53. The van der Waals surface area contributed by atoms with E-state index in [4.69, 9.17) is 21.1 Å². The van der Waals surface area contributed by atoms with Crippen LogP contribution in [0.3, 0.4) is 0 Å². The Bertz CT molecular complexity index is 760. The molecule has 2 rings (SSSR count). The molecule has 0 spiro atoms. The maximum atomic E-state index is 12.2. The molecule has 0 saturated carbocycles. The topological polar surface area (TPSA) is 64.6 Å². The molecule has 2 aromatic carbocycles. The smallest absolute Gasteiger partial charge is 0.342 e. The first kappa shape index (κ1) is 17.8. The van der Waals surface area contributed by atoms with Crippen molar-refractivity contribution in [3.63, 3.8) is 0 Å². The second-order valence-corrected chi connectivity index (χ2v) is 5.61. The third-order valence-electron chi connectivity index (χ3n) is 3.42. The summed E-state index contributed by atoms with van der Waals surface area (Å²) >= 11 is 6.02. The number of hydrogen-bond donors (Lipinski definition) is 1. The lowest BCUT2D eigenvalue weighted by atomic mass is 10.2. The number of aryl methyl sites for hydroxylation is 1. The van der Waals surface area contributed by atoms with Crippen LogP contribution in [0.1, 0.15) is 22.8 Å². The maximum absolute atomic E-state index is 12.2. The molecule has 6 heteroatoms. The molecule has 0 aliphatic heterocycles. The Morgan fingerprint density at radius 1 is 1.17 bits per heavy atom. The van der Waals surface area contributed by atoms with E-state index in [-0.39, 0.29) is 5.56 Å². The fraction of sp³-hybridized carbons (Fsp3) is 0.222. The molecule has 0 radical (unpaired) electrons. The number of para-hydroxylation sites is 1. The van der Waals surface area contributed by atoms with Gasteiger partial charge in [-0.15, -0.1) is 0 Å². The zero-order chi connectivity index (χ0) is 17.7. The molecule has 24 heavy (non-hydrogen) atoms. The van der Waals surface area contributed by atoms with Gasteiger partial charge in [0.05, 0.1) is 7.11 Å². The van der Waals surface area contributed by atoms with Gasteiger partial charge in [-0.1, -0.05) is 29.8 Å². The minimum Gasteiger partial charge on any atom is -0.496 e. The first-order valence-electron chi connectivity index (χ1n) is 7.33. The molecule has 1 atom stereocenters. The van der Waals surface area contributed by atoms with Crippen LogP contribution in [0.5, 0.6) is 5.75 Å². The summed E-state index contributed by atoms with van der Waals surface area (Å²) < 4.78 is 10.3. The number of esters is 1. The van der Waals surface area contributed by atoms with Crippen LogP contribution in [0, 0.1) is 6.92 Å². The van der Waals surface area contributed by atoms with Crippen molar-refractivity contribution in [2.75, 3.05) is 12.4 Å². The molecule has 126 valence electrons. The molecule has 0 aliphatic carbocycles. The summed E-state index contributed by atoms with van der Waals surface area (Å²) in [6.45, 7) is 3.37. The van der Waals surface area contributed by atoms with Crippen molar-refractivity contribution in [3.8, 4) is 5.75 Å². The monoisotopic (exact) mass is 347 g/mol. The number of carbonyl (C=O) groups excluding carboxylic acids is 2. The summed E-state index contributed by atoms with van der Waals surface area (Å²) in [7, 11) is 1.46. The summed E-state index contributed by atoms with van der Waals surface area (Å²) in [5, 5.41) is 3.21. The molecule has 2 aromatic rings. The normalized spacial score (nSPS) is 11.5. The highest BCUT2D eigenvalue weighted by Crippen LogP contribution is 2.21. The van der Waals surface area contributed by atoms with Crippen LogP contribution in [0.2, 0.25) is 5.02 Å². The quantitative estimate of drug-likeness (QED) is 0.834. The van der Waals surface area contributed by atoms with Crippen LogP contribution in [0.15, 0.2) is 42.5 Å². The molecular formula is C18H18ClNO4. The zero-order valence-corrected chi connectivity index (χ0v) is 14.4. The average molecular weight is 348 g/mol. The van der Waals surface area contributed by atoms with Gasteiger partial charge in [-0.25, -0.2) is 4.79 Å². The highest BCUT2D eigenvalue weighted by molar-refractivity contribution is 6.31. The Labute approximate surface area is 145 Å². The third-order valence-corrected chi connectivity index (χ3v) is 3.83. The number of halogens is 1. The summed E-state index contributed by atoms with van der Waals surface area (Å²) in [6, 6.07) is 11.8. The number of carbonyl (C=O) groups is 2. The van der Waals surface area contributed by atoms with Gasteiger partial charge in [-0.3, -0.25) is 4.79 Å². The van der Waals surface area contributed by atoms with E-state index in [9.17, 15) is 9.59 Å². The van der Waals surface area contributed by atoms with Gasteiger partial charge in [0.25, 0.3) is 5.91 Å². The molecule has 0 saturated heterocycles. The number of hydrogen-bond acceptors (Lipinski definition) is 4. The van der Waals surface area contributed by atoms with Crippen LogP contribution in [-0.2, 0) is 9.53 Å². The van der Waals surface area contributed by atoms with Gasteiger partial charge in [-0.05, 0) is 43.7 Å². The van der Waals surface area contributed by atoms with Gasteiger partial charge in [-0.2, -0.15) is 0 Å². The van der Waals surface area contributed by atoms with Gasteiger partial charge in [0.2, 0.25) is 0 Å². The van der Waals surface area contributed by atoms with Crippen LogP contribution in [0.25, 0.3) is 0 Å². The second kappa shape index (κ2) is 7.84. The van der Waals surface area contributed by atoms with Gasteiger partial charge in [0.1, 0.15) is 11.3 Å². The third kappa shape index (κ3) is 4.26. The van der Waals surface area contributed by atoms with Crippen molar-refractivity contribution >= 4 is 29.2 Å². The van der Waals surface area contributed by atoms with Crippen LogP contribution >= 0.6 is 11.6 Å². The Balaban J connectivity index is 2.03. The molecule has 1 N–H and O–H groups in total. The molecular weight excluding hydrogens is 330 g/mol. The number of ether oxygens (including phenoxy) is 2. The van der Waals surface area contributed by atoms with Crippen molar-refractivity contribution in [1.29, 1.82) is 0 Å². The summed E-state index contributed by atoms with van der Waals surface area (Å²) in [5.74, 6) is -0.685. The van der Waals surface area contributed by atoms with E-state index >= 15 is 0 Å². The molecule has 0 heterocycles. The van der Waals surface area contributed by atoms with Gasteiger partial charge in [0, 0.05) is 10.7 Å². The SMILES string of the molecule is COc1ccccc1C(=O)O[C@H](C)C(=O)Nc1ccc(C)c(Cl)c1. The summed E-state index contributed by atoms with van der Waals surface area (Å²) in [4.78, 5) is 24.4. The lowest BCUT2D eigenvalue weighted by molar-refractivity contribution is -0.123. The Morgan fingerprint density at radius 2 is 1.88 bits per heavy atom. The van der Waals surface area contributed by atoms with E-state index < -0.39 is 18.0 Å². The lowest BCUT2D eigenvalue weighted by Crippen LogP contribution is -2.30. The predicted octanol–water partition coefficient (Wildman–Crippen LogP) is 3.84. The number of anilines is 1. The molecule has 0 fully saturated rings. The summed E-state index contributed by atoms with van der Waals surface area (Å²) in [6.07, 6.45) is -0.970. The van der Waals surface area contributed by atoms with Gasteiger partial charge < -0.3 is 14.8 Å². The number of amides is 1. The van der Waals surface area contributed by atoms with E-state index in [0.717, 1.165) is 5.56 Å². The van der Waals surface area contributed by atoms with Gasteiger partial charge in [0.15, 0.2) is 6.10 Å². The van der Waals surface area contributed by atoms with E-state index in [2.05, 4.69) is 5.32 Å². The minimum absolute atomic E-state index is 0.262. The van der Waals surface area contributed by atoms with Crippen molar-refractivity contribution in [1.82, 2.24) is 0 Å². The number of rotatable bonds is 5. The fourth-order valence-electron chi connectivity index (χ4n) is 2.01. The molecule has 0 bridgehead atoms. The van der Waals surface area contributed by atoms with E-state index in [1.54, 1.807) is 42.5 Å². The van der Waals surface area contributed by atoms with E-state index in [1.807, 2.05) is 6.92 Å². The van der Waals surface area contributed by atoms with Gasteiger partial charge >= 0.3 is 5.97 Å². The molecule has 0 unspecified atom stereocenters. The second-order valence-electron chi connectivity index (χ2n) is 5.20. The number of benzene rings is 2. The lowest BCUT2D eigenvalue weighted by Gasteiger charge is -2.15. The first-order valence-corrected chi connectivity index (χ1v) is 7.71. The van der Waals surface area contributed by atoms with E-state index in [1.165, 1.54) is 14.0 Å². The largest absolute Gasteiger partial charge is 0.496 e. The summed E-state index contributed by atoms with van der Waals surface area (Å²) in [5.41, 5.74) is 1.71. The van der Waals surface area contributed by atoms with Crippen molar-refractivity contribution in [3.05, 3.63) is 58.6 Å². The highest BCUT2D eigenvalue weighted by Gasteiger charge is 2.21. The standard InChI is InChI=1S/C18H18ClNO4/c1-11-8-9-13(10-15(11)19)20-17(21)12(2)24-18(22)14-6-4-5-7-16(14)23-3/h4-10,12H,1-3H3,(H,20,21)/t12-/m1/s1. The van der Waals surface area contributed by atoms with Crippen molar-refractivity contribution in [2.45, 2.75) is 20.0 Å². The van der Waals surface area contributed by atoms with Crippen LogP contribution in [0.4, 0.5) is 5.69 Å². The predicted molar refractivity (Wildman–Crippen MR) is 92.7 cm³/mol. The average Bonchev–Trinajstić information content (AvgIpc) is 2.57. The minimum atomic E-state index is -0.970. The van der Waals surface area contributed by atoms with Crippen LogP contribution < -0.4 is 10.1 Å². The van der Waals surface area contributed by atoms with Crippen LogP contribution in [-0.4, -0.2) is 25.1 Å². The number of methoxy groups -OCH3 is 1. The molecule has 0 aliphatic rings.